The molecule has 0 fully saturated rings. The van der Waals surface area contributed by atoms with Crippen molar-refractivity contribution < 1.29 is 0 Å². The van der Waals surface area contributed by atoms with E-state index in [0.29, 0.717) is 16.7 Å². The second kappa shape index (κ2) is 4.05. The van der Waals surface area contributed by atoms with Gasteiger partial charge in [-0.05, 0) is 11.6 Å². The van der Waals surface area contributed by atoms with Crippen molar-refractivity contribution in [3.63, 3.8) is 0 Å². The minimum absolute atomic E-state index is 0.280. The number of nitrogens with two attached hydrogens (primary N) is 2. The van der Waals surface area contributed by atoms with Gasteiger partial charge < -0.3 is 11.5 Å². The molecule has 1 aromatic heterocycles. The highest BCUT2D eigenvalue weighted by Crippen LogP contribution is 2.22. The van der Waals surface area contributed by atoms with Gasteiger partial charge in [0.2, 0.25) is 0 Å². The minimum atomic E-state index is -0.280. The van der Waals surface area contributed by atoms with E-state index < -0.39 is 0 Å². The van der Waals surface area contributed by atoms with Crippen molar-refractivity contribution in [2.45, 2.75) is 6.04 Å². The summed E-state index contributed by atoms with van der Waals surface area (Å²) in [4.78, 5) is 3.79. The quantitative estimate of drug-likeness (QED) is 0.717. The van der Waals surface area contributed by atoms with Gasteiger partial charge in [-0.15, -0.1) is 0 Å². The summed E-state index contributed by atoms with van der Waals surface area (Å²) in [7, 11) is 0. The largest absolute Gasteiger partial charge is 0.329 e. The molecule has 0 aliphatic carbocycles. The lowest BCUT2D eigenvalue weighted by atomic mass is 10.1. The molecule has 1 heterocycles. The molecule has 0 saturated carbocycles. The number of rotatable bonds is 2. The van der Waals surface area contributed by atoms with E-state index in [1.54, 1.807) is 6.07 Å². The SMILES string of the molecule is NC[C@@H](N)c1cc(Cl)ncc1Cl. The van der Waals surface area contributed by atoms with Crippen LogP contribution in [0.2, 0.25) is 10.2 Å². The number of aromatic nitrogens is 1. The first-order chi connectivity index (χ1) is 5.65. The van der Waals surface area contributed by atoms with E-state index in [0.717, 1.165) is 5.56 Å². The Balaban J connectivity index is 3.04. The van der Waals surface area contributed by atoms with Gasteiger partial charge in [-0.3, -0.25) is 0 Å². The van der Waals surface area contributed by atoms with Gasteiger partial charge >= 0.3 is 0 Å². The highest BCUT2D eigenvalue weighted by Gasteiger charge is 2.08. The molecule has 66 valence electrons. The fourth-order valence-electron chi connectivity index (χ4n) is 0.839. The zero-order chi connectivity index (χ0) is 9.14. The van der Waals surface area contributed by atoms with Crippen LogP contribution in [0, 0.1) is 0 Å². The molecule has 0 unspecified atom stereocenters. The molecular formula is C7H9Cl2N3. The first kappa shape index (κ1) is 9.74. The summed E-state index contributed by atoms with van der Waals surface area (Å²) >= 11 is 11.5. The molecule has 0 aliphatic rings. The van der Waals surface area contributed by atoms with Crippen LogP contribution in [-0.2, 0) is 0 Å². The summed E-state index contributed by atoms with van der Waals surface area (Å²) in [5.41, 5.74) is 11.8. The smallest absolute Gasteiger partial charge is 0.129 e. The molecule has 3 nitrogen and oxygen atoms in total. The van der Waals surface area contributed by atoms with Gasteiger partial charge in [-0.1, -0.05) is 23.2 Å². The molecule has 12 heavy (non-hydrogen) atoms. The highest BCUT2D eigenvalue weighted by molar-refractivity contribution is 6.32. The van der Waals surface area contributed by atoms with E-state index in [1.165, 1.54) is 6.20 Å². The second-order valence-corrected chi connectivity index (χ2v) is 3.17. The maximum atomic E-state index is 5.81. The van der Waals surface area contributed by atoms with Crippen LogP contribution in [0.25, 0.3) is 0 Å². The van der Waals surface area contributed by atoms with Crippen molar-refractivity contribution in [2.24, 2.45) is 11.5 Å². The molecule has 1 rings (SSSR count). The van der Waals surface area contributed by atoms with E-state index in [1.807, 2.05) is 0 Å². The maximum Gasteiger partial charge on any atom is 0.129 e. The number of nitrogens with zero attached hydrogens (tertiary/aromatic N) is 1. The van der Waals surface area contributed by atoms with Gasteiger partial charge in [0.25, 0.3) is 0 Å². The van der Waals surface area contributed by atoms with Gasteiger partial charge in [-0.25, -0.2) is 4.98 Å². The molecule has 1 aromatic rings. The first-order valence-electron chi connectivity index (χ1n) is 3.41. The summed E-state index contributed by atoms with van der Waals surface area (Å²) in [6, 6.07) is 1.35. The first-order valence-corrected chi connectivity index (χ1v) is 4.17. The van der Waals surface area contributed by atoms with Crippen LogP contribution in [0.5, 0.6) is 0 Å². The van der Waals surface area contributed by atoms with Crippen molar-refractivity contribution in [3.8, 4) is 0 Å². The zero-order valence-electron chi connectivity index (χ0n) is 6.30. The third-order valence-corrected chi connectivity index (χ3v) is 2.03. The number of halogens is 2. The Morgan fingerprint density at radius 1 is 1.50 bits per heavy atom. The molecule has 1 atom stereocenters. The van der Waals surface area contributed by atoms with E-state index in [-0.39, 0.29) is 6.04 Å². The van der Waals surface area contributed by atoms with Crippen molar-refractivity contribution >= 4 is 23.2 Å². The molecule has 0 bridgehead atoms. The van der Waals surface area contributed by atoms with Gasteiger partial charge in [0.05, 0.1) is 5.02 Å². The molecular weight excluding hydrogens is 197 g/mol. The van der Waals surface area contributed by atoms with E-state index in [4.69, 9.17) is 34.7 Å². The van der Waals surface area contributed by atoms with Crippen LogP contribution < -0.4 is 11.5 Å². The molecule has 5 heteroatoms. The van der Waals surface area contributed by atoms with E-state index in [9.17, 15) is 0 Å². The van der Waals surface area contributed by atoms with Crippen molar-refractivity contribution in [1.29, 1.82) is 0 Å². The third kappa shape index (κ3) is 2.08. The Labute approximate surface area is 80.7 Å². The van der Waals surface area contributed by atoms with Crippen molar-refractivity contribution in [2.75, 3.05) is 6.54 Å². The van der Waals surface area contributed by atoms with Gasteiger partial charge in [0, 0.05) is 18.8 Å². The van der Waals surface area contributed by atoms with Gasteiger partial charge in [-0.2, -0.15) is 0 Å². The number of pyridine rings is 1. The molecule has 0 amide bonds. The average molecular weight is 206 g/mol. The maximum absolute atomic E-state index is 5.81. The van der Waals surface area contributed by atoms with Crippen LogP contribution in [0.4, 0.5) is 0 Å². The van der Waals surface area contributed by atoms with Crippen molar-refractivity contribution in [1.82, 2.24) is 4.98 Å². The molecule has 0 aromatic carbocycles. The Kier molecular flexibility index (Phi) is 3.29. The topological polar surface area (TPSA) is 64.9 Å². The molecule has 4 N–H and O–H groups in total. The highest BCUT2D eigenvalue weighted by atomic mass is 35.5. The predicted molar refractivity (Wildman–Crippen MR) is 50.2 cm³/mol. The Morgan fingerprint density at radius 2 is 2.17 bits per heavy atom. The molecule has 0 radical (unpaired) electrons. The van der Waals surface area contributed by atoms with E-state index in [2.05, 4.69) is 4.98 Å². The van der Waals surface area contributed by atoms with Crippen LogP contribution >= 0.6 is 23.2 Å². The van der Waals surface area contributed by atoms with Gasteiger partial charge in [0.1, 0.15) is 5.15 Å². The standard InChI is InChI=1S/C7H9Cl2N3/c8-5-3-12-7(9)1-4(5)6(11)2-10/h1,3,6H,2,10-11H2/t6-/m1/s1. The van der Waals surface area contributed by atoms with E-state index >= 15 is 0 Å². The lowest BCUT2D eigenvalue weighted by molar-refractivity contribution is 0.736. The summed E-state index contributed by atoms with van der Waals surface area (Å²) in [5.74, 6) is 0. The molecule has 0 spiro atoms. The van der Waals surface area contributed by atoms with Crippen LogP contribution in [0.1, 0.15) is 11.6 Å². The zero-order valence-corrected chi connectivity index (χ0v) is 7.81. The fraction of sp³-hybridized carbons (Fsp3) is 0.286. The summed E-state index contributed by atoms with van der Waals surface area (Å²) in [6.45, 7) is 0.333. The summed E-state index contributed by atoms with van der Waals surface area (Å²) < 4.78 is 0. The second-order valence-electron chi connectivity index (χ2n) is 2.37. The van der Waals surface area contributed by atoms with Crippen molar-refractivity contribution in [3.05, 3.63) is 28.0 Å². The average Bonchev–Trinajstić information content (AvgIpc) is 2.08. The summed E-state index contributed by atoms with van der Waals surface area (Å²) in [6.07, 6.45) is 1.47. The van der Waals surface area contributed by atoms with Gasteiger partial charge in [0.15, 0.2) is 0 Å². The lowest BCUT2D eigenvalue weighted by Crippen LogP contribution is -2.21. The Hall–Kier alpha value is -0.350. The Bertz CT molecular complexity index is 277. The fourth-order valence-corrected chi connectivity index (χ4v) is 1.25. The monoisotopic (exact) mass is 205 g/mol. The third-order valence-electron chi connectivity index (χ3n) is 1.51. The molecule has 0 aliphatic heterocycles. The minimum Gasteiger partial charge on any atom is -0.329 e. The number of hydrogen-bond donors (Lipinski definition) is 2. The lowest BCUT2D eigenvalue weighted by Gasteiger charge is -2.10. The number of hydrogen-bond acceptors (Lipinski definition) is 3. The summed E-state index contributed by atoms with van der Waals surface area (Å²) in [5, 5.41) is 0.871. The predicted octanol–water partition coefficient (Wildman–Crippen LogP) is 1.35. The normalized spacial score (nSPS) is 13.0. The van der Waals surface area contributed by atoms with Crippen LogP contribution in [0.15, 0.2) is 12.3 Å². The molecule has 0 saturated heterocycles. The van der Waals surface area contributed by atoms with Crippen LogP contribution in [0.3, 0.4) is 0 Å². The Morgan fingerprint density at radius 3 is 2.75 bits per heavy atom. The van der Waals surface area contributed by atoms with Crippen LogP contribution in [-0.4, -0.2) is 11.5 Å².